The third-order valence-electron chi connectivity index (χ3n) is 3.31. The van der Waals surface area contributed by atoms with Gasteiger partial charge in [0, 0.05) is 10.4 Å². The lowest BCUT2D eigenvalue weighted by molar-refractivity contribution is -0.150. The van der Waals surface area contributed by atoms with E-state index in [2.05, 4.69) is 5.32 Å². The summed E-state index contributed by atoms with van der Waals surface area (Å²) in [4.78, 5) is 22.8. The molecule has 0 spiro atoms. The number of fused-ring (bicyclic) bond motifs is 1. The standard InChI is InChI=1S/C14H13NO4S/c16-13(10-2-3-11(19-10)14(17)18)15-9-1-4-12-8(7-9)5-6-20-12/h1,4-7,10-11H,2-3H2,(H,15,16)(H,17,18). The Labute approximate surface area is 119 Å². The fraction of sp³-hybridized carbons (Fsp3) is 0.286. The molecule has 3 rings (SSSR count). The van der Waals surface area contributed by atoms with Crippen LogP contribution in [0.1, 0.15) is 12.8 Å². The normalized spacial score (nSPS) is 22.0. The Morgan fingerprint density at radius 1 is 1.25 bits per heavy atom. The molecule has 2 atom stereocenters. The Morgan fingerprint density at radius 3 is 2.80 bits per heavy atom. The molecule has 20 heavy (non-hydrogen) atoms. The molecule has 2 N–H and O–H groups in total. The highest BCUT2D eigenvalue weighted by Gasteiger charge is 2.34. The Morgan fingerprint density at radius 2 is 2.05 bits per heavy atom. The van der Waals surface area contributed by atoms with E-state index in [4.69, 9.17) is 9.84 Å². The van der Waals surface area contributed by atoms with E-state index in [0.717, 1.165) is 10.1 Å². The van der Waals surface area contributed by atoms with Crippen LogP contribution in [-0.4, -0.2) is 29.2 Å². The van der Waals surface area contributed by atoms with Crippen molar-refractivity contribution in [1.29, 1.82) is 0 Å². The van der Waals surface area contributed by atoms with E-state index < -0.39 is 18.2 Å². The van der Waals surface area contributed by atoms with Crippen LogP contribution in [0.3, 0.4) is 0 Å². The van der Waals surface area contributed by atoms with Crippen molar-refractivity contribution in [2.24, 2.45) is 0 Å². The zero-order valence-electron chi connectivity index (χ0n) is 10.5. The lowest BCUT2D eigenvalue weighted by Crippen LogP contribution is -2.29. The van der Waals surface area contributed by atoms with E-state index in [-0.39, 0.29) is 5.91 Å². The molecule has 1 amide bonds. The van der Waals surface area contributed by atoms with Gasteiger partial charge < -0.3 is 15.2 Å². The summed E-state index contributed by atoms with van der Waals surface area (Å²) < 4.78 is 6.38. The Bertz CT molecular complexity index is 666. The summed E-state index contributed by atoms with van der Waals surface area (Å²) in [5, 5.41) is 14.7. The van der Waals surface area contributed by atoms with Crippen LogP contribution in [-0.2, 0) is 14.3 Å². The van der Waals surface area contributed by atoms with Gasteiger partial charge in [0.1, 0.15) is 6.10 Å². The van der Waals surface area contributed by atoms with Gasteiger partial charge in [0.25, 0.3) is 5.91 Å². The third-order valence-corrected chi connectivity index (χ3v) is 4.21. The smallest absolute Gasteiger partial charge is 0.332 e. The van der Waals surface area contributed by atoms with Crippen molar-refractivity contribution < 1.29 is 19.4 Å². The topological polar surface area (TPSA) is 75.6 Å². The van der Waals surface area contributed by atoms with Crippen LogP contribution in [0.15, 0.2) is 29.6 Å². The first-order chi connectivity index (χ1) is 9.63. The van der Waals surface area contributed by atoms with Gasteiger partial charge in [-0.05, 0) is 47.9 Å². The largest absolute Gasteiger partial charge is 0.479 e. The molecule has 0 saturated carbocycles. The summed E-state index contributed by atoms with van der Waals surface area (Å²) in [7, 11) is 0. The zero-order chi connectivity index (χ0) is 14.1. The van der Waals surface area contributed by atoms with Crippen LogP contribution in [0, 0.1) is 0 Å². The first kappa shape index (κ1) is 13.1. The molecule has 0 radical (unpaired) electrons. The van der Waals surface area contributed by atoms with Gasteiger partial charge in [-0.15, -0.1) is 11.3 Å². The Balaban J connectivity index is 1.68. The van der Waals surface area contributed by atoms with Crippen molar-refractivity contribution in [3.8, 4) is 0 Å². The Hall–Kier alpha value is -1.92. The number of carboxylic acid groups (broad SMARTS) is 1. The highest BCUT2D eigenvalue weighted by atomic mass is 32.1. The highest BCUT2D eigenvalue weighted by Crippen LogP contribution is 2.25. The molecule has 1 saturated heterocycles. The molecule has 1 fully saturated rings. The minimum absolute atomic E-state index is 0.289. The second kappa shape index (κ2) is 5.22. The number of carbonyl (C=O) groups excluding carboxylic acids is 1. The van der Waals surface area contributed by atoms with Crippen LogP contribution in [0.2, 0.25) is 0 Å². The molecule has 2 unspecified atom stereocenters. The molecule has 0 aliphatic carbocycles. The summed E-state index contributed by atoms with van der Waals surface area (Å²) >= 11 is 1.64. The van der Waals surface area contributed by atoms with E-state index in [0.29, 0.717) is 18.5 Å². The molecule has 1 aliphatic rings. The van der Waals surface area contributed by atoms with Gasteiger partial charge in [-0.25, -0.2) is 4.79 Å². The SMILES string of the molecule is O=C(O)C1CCC(C(=O)Nc2ccc3sccc3c2)O1. The minimum atomic E-state index is -1.01. The third kappa shape index (κ3) is 2.52. The quantitative estimate of drug-likeness (QED) is 0.911. The van der Waals surface area contributed by atoms with Crippen LogP contribution in [0.5, 0.6) is 0 Å². The molecular formula is C14H13NO4S. The number of carboxylic acids is 1. The lowest BCUT2D eigenvalue weighted by Gasteiger charge is -2.11. The number of carbonyl (C=O) groups is 2. The van der Waals surface area contributed by atoms with Crippen molar-refractivity contribution in [2.75, 3.05) is 5.32 Å². The zero-order valence-corrected chi connectivity index (χ0v) is 11.4. The van der Waals surface area contributed by atoms with Crippen LogP contribution in [0.4, 0.5) is 5.69 Å². The van der Waals surface area contributed by atoms with Crippen LogP contribution in [0.25, 0.3) is 10.1 Å². The monoisotopic (exact) mass is 291 g/mol. The number of aliphatic carboxylic acids is 1. The number of anilines is 1. The van der Waals surface area contributed by atoms with E-state index in [1.807, 2.05) is 29.6 Å². The van der Waals surface area contributed by atoms with Gasteiger partial charge in [-0.1, -0.05) is 0 Å². The summed E-state index contributed by atoms with van der Waals surface area (Å²) in [5.41, 5.74) is 0.697. The molecule has 1 aromatic carbocycles. The minimum Gasteiger partial charge on any atom is -0.479 e. The van der Waals surface area contributed by atoms with Crippen molar-refractivity contribution in [1.82, 2.24) is 0 Å². The van der Waals surface area contributed by atoms with Gasteiger partial charge in [-0.2, -0.15) is 0 Å². The summed E-state index contributed by atoms with van der Waals surface area (Å²) in [6.07, 6.45) is -0.750. The molecule has 5 nitrogen and oxygen atoms in total. The molecule has 6 heteroatoms. The van der Waals surface area contributed by atoms with Crippen LogP contribution >= 0.6 is 11.3 Å². The molecule has 0 bridgehead atoms. The molecule has 104 valence electrons. The van der Waals surface area contributed by atoms with E-state index in [1.165, 1.54) is 0 Å². The number of amides is 1. The second-order valence-corrected chi connectivity index (χ2v) is 5.64. The first-order valence-electron chi connectivity index (χ1n) is 6.30. The predicted octanol–water partition coefficient (Wildman–Crippen LogP) is 2.47. The van der Waals surface area contributed by atoms with Crippen molar-refractivity contribution in [2.45, 2.75) is 25.0 Å². The number of ether oxygens (including phenoxy) is 1. The first-order valence-corrected chi connectivity index (χ1v) is 7.18. The summed E-state index contributed by atoms with van der Waals surface area (Å²) in [5.74, 6) is -1.30. The maximum atomic E-state index is 12.0. The molecule has 1 aliphatic heterocycles. The molecular weight excluding hydrogens is 278 g/mol. The maximum Gasteiger partial charge on any atom is 0.332 e. The maximum absolute atomic E-state index is 12.0. The van der Waals surface area contributed by atoms with E-state index in [1.54, 1.807) is 11.3 Å². The van der Waals surface area contributed by atoms with Gasteiger partial charge in [-0.3, -0.25) is 4.79 Å². The number of nitrogens with one attached hydrogen (secondary N) is 1. The average molecular weight is 291 g/mol. The van der Waals surface area contributed by atoms with Crippen molar-refractivity contribution >= 4 is 39.0 Å². The Kier molecular flexibility index (Phi) is 3.42. The lowest BCUT2D eigenvalue weighted by atomic mass is 10.2. The van der Waals surface area contributed by atoms with Gasteiger partial charge in [0.15, 0.2) is 6.10 Å². The van der Waals surface area contributed by atoms with Crippen molar-refractivity contribution in [3.63, 3.8) is 0 Å². The van der Waals surface area contributed by atoms with E-state index >= 15 is 0 Å². The van der Waals surface area contributed by atoms with Crippen LogP contribution < -0.4 is 5.32 Å². The van der Waals surface area contributed by atoms with E-state index in [9.17, 15) is 9.59 Å². The second-order valence-electron chi connectivity index (χ2n) is 4.69. The van der Waals surface area contributed by atoms with Crippen molar-refractivity contribution in [3.05, 3.63) is 29.6 Å². The number of hydrogen-bond donors (Lipinski definition) is 2. The number of benzene rings is 1. The summed E-state index contributed by atoms with van der Waals surface area (Å²) in [6, 6.07) is 7.67. The highest BCUT2D eigenvalue weighted by molar-refractivity contribution is 7.17. The number of hydrogen-bond acceptors (Lipinski definition) is 4. The average Bonchev–Trinajstić information content (AvgIpc) is 3.07. The number of thiophene rings is 1. The molecule has 2 heterocycles. The fourth-order valence-electron chi connectivity index (χ4n) is 2.28. The molecule has 2 aromatic rings. The van der Waals surface area contributed by atoms with Gasteiger partial charge in [0.2, 0.25) is 0 Å². The van der Waals surface area contributed by atoms with Gasteiger partial charge in [0.05, 0.1) is 0 Å². The molecule has 1 aromatic heterocycles. The fourth-order valence-corrected chi connectivity index (χ4v) is 3.05. The predicted molar refractivity (Wildman–Crippen MR) is 76.0 cm³/mol. The summed E-state index contributed by atoms with van der Waals surface area (Å²) in [6.45, 7) is 0. The van der Waals surface area contributed by atoms with Gasteiger partial charge >= 0.3 is 5.97 Å². The number of rotatable bonds is 3.